The molecule has 6 nitrogen and oxygen atoms in total. The van der Waals surface area contributed by atoms with E-state index in [0.29, 0.717) is 57.9 Å². The smallest absolute Gasteiger partial charge is 0.361 e. The molecule has 2 amide bonds. The summed E-state index contributed by atoms with van der Waals surface area (Å²) in [5.74, 6) is -0.444. The lowest BCUT2D eigenvalue weighted by Crippen LogP contribution is -2.55. The second-order valence-electron chi connectivity index (χ2n) is 9.74. The number of carbonyl (C=O) groups is 2. The monoisotopic (exact) mass is 508 g/mol. The number of aromatic nitrogens is 1. The number of anilines is 1. The molecule has 2 aliphatic heterocycles. The number of piperazine rings is 1. The van der Waals surface area contributed by atoms with Crippen LogP contribution >= 0.6 is 0 Å². The Morgan fingerprint density at radius 1 is 1.08 bits per heavy atom. The second-order valence-corrected chi connectivity index (χ2v) is 9.74. The molecule has 0 unspecified atom stereocenters. The molecule has 0 spiro atoms. The first-order chi connectivity index (χ1) is 17.5. The standard InChI is InChI=1S/C28H27F3N4O2/c1-15-13-35(14-16(2)33-15)27(37)22-12-32-24(17(22)3)11-21-25-20(8-5-9-23(25)34-26(21)36)18-6-4-7-19(10-18)28(29,30)31/h4-12,15-16,32-33H,13-14H2,1-3H3,(H,34,36)/t15-,16-/m1/s1. The van der Waals surface area contributed by atoms with Gasteiger partial charge in [-0.15, -0.1) is 0 Å². The fraction of sp³-hybridized carbons (Fsp3) is 0.286. The van der Waals surface area contributed by atoms with Gasteiger partial charge in [-0.25, -0.2) is 0 Å². The van der Waals surface area contributed by atoms with Gasteiger partial charge in [0.05, 0.1) is 16.7 Å². The van der Waals surface area contributed by atoms with E-state index in [4.69, 9.17) is 0 Å². The number of rotatable bonds is 3. The molecule has 2 aliphatic rings. The van der Waals surface area contributed by atoms with Crippen LogP contribution in [-0.4, -0.2) is 46.9 Å². The average Bonchev–Trinajstić information content (AvgIpc) is 3.36. The normalized spacial score (nSPS) is 20.8. The Labute approximate surface area is 212 Å². The molecule has 0 radical (unpaired) electrons. The number of nitrogens with zero attached hydrogens (tertiary/aromatic N) is 1. The first-order valence-electron chi connectivity index (χ1n) is 12.1. The summed E-state index contributed by atoms with van der Waals surface area (Å²) in [7, 11) is 0. The van der Waals surface area contributed by atoms with Crippen LogP contribution in [0.25, 0.3) is 22.8 Å². The van der Waals surface area contributed by atoms with Crippen molar-refractivity contribution in [3.8, 4) is 11.1 Å². The number of H-pyrrole nitrogens is 1. The third-order valence-electron chi connectivity index (χ3n) is 6.87. The molecule has 9 heteroatoms. The highest BCUT2D eigenvalue weighted by atomic mass is 19.4. The zero-order valence-electron chi connectivity index (χ0n) is 20.7. The van der Waals surface area contributed by atoms with Crippen LogP contribution in [0, 0.1) is 6.92 Å². The van der Waals surface area contributed by atoms with Gasteiger partial charge in [0.25, 0.3) is 11.8 Å². The van der Waals surface area contributed by atoms with Crippen molar-refractivity contribution in [3.05, 3.63) is 76.6 Å². The Balaban J connectivity index is 1.53. The van der Waals surface area contributed by atoms with E-state index in [2.05, 4.69) is 15.6 Å². The summed E-state index contributed by atoms with van der Waals surface area (Å²) in [5.41, 5.74) is 3.30. The molecule has 0 bridgehead atoms. The number of hydrogen-bond acceptors (Lipinski definition) is 3. The highest BCUT2D eigenvalue weighted by Crippen LogP contribution is 2.42. The predicted molar refractivity (Wildman–Crippen MR) is 137 cm³/mol. The minimum atomic E-state index is -4.48. The lowest BCUT2D eigenvalue weighted by atomic mass is 9.93. The molecule has 2 aromatic carbocycles. The van der Waals surface area contributed by atoms with E-state index in [0.717, 1.165) is 12.1 Å². The van der Waals surface area contributed by atoms with Gasteiger partial charge >= 0.3 is 6.18 Å². The van der Waals surface area contributed by atoms with Crippen molar-refractivity contribution in [2.75, 3.05) is 18.4 Å². The van der Waals surface area contributed by atoms with Crippen LogP contribution in [0.1, 0.15) is 46.6 Å². The number of hydrogen-bond donors (Lipinski definition) is 3. The van der Waals surface area contributed by atoms with Crippen molar-refractivity contribution in [3.63, 3.8) is 0 Å². The molecule has 3 N–H and O–H groups in total. The minimum absolute atomic E-state index is 0.0838. The summed E-state index contributed by atoms with van der Waals surface area (Å²) in [5, 5.41) is 6.22. The van der Waals surface area contributed by atoms with Gasteiger partial charge in [-0.2, -0.15) is 13.2 Å². The highest BCUT2D eigenvalue weighted by Gasteiger charge is 2.32. The van der Waals surface area contributed by atoms with Crippen LogP contribution in [0.5, 0.6) is 0 Å². The molecule has 2 atom stereocenters. The number of benzene rings is 2. The molecule has 1 saturated heterocycles. The van der Waals surface area contributed by atoms with Gasteiger partial charge in [0.15, 0.2) is 0 Å². The third-order valence-corrected chi connectivity index (χ3v) is 6.87. The summed E-state index contributed by atoms with van der Waals surface area (Å²) < 4.78 is 40.1. The summed E-state index contributed by atoms with van der Waals surface area (Å²) in [6, 6.07) is 10.5. The van der Waals surface area contributed by atoms with Crippen molar-refractivity contribution in [1.29, 1.82) is 0 Å². The van der Waals surface area contributed by atoms with E-state index in [1.807, 2.05) is 25.7 Å². The van der Waals surface area contributed by atoms with Gasteiger partial charge in [0, 0.05) is 48.3 Å². The first kappa shape index (κ1) is 24.8. The number of fused-ring (bicyclic) bond motifs is 1. The van der Waals surface area contributed by atoms with Crippen molar-refractivity contribution in [2.24, 2.45) is 0 Å². The van der Waals surface area contributed by atoms with Gasteiger partial charge in [0.2, 0.25) is 0 Å². The summed E-state index contributed by atoms with van der Waals surface area (Å²) in [4.78, 5) is 31.2. The fourth-order valence-corrected chi connectivity index (χ4v) is 5.18. The van der Waals surface area contributed by atoms with E-state index in [9.17, 15) is 22.8 Å². The lowest BCUT2D eigenvalue weighted by Gasteiger charge is -2.36. The van der Waals surface area contributed by atoms with Crippen LogP contribution in [0.2, 0.25) is 0 Å². The van der Waals surface area contributed by atoms with E-state index in [1.54, 1.807) is 36.5 Å². The molecular weight excluding hydrogens is 481 g/mol. The maximum absolute atomic E-state index is 13.4. The molecule has 1 fully saturated rings. The molecule has 0 aliphatic carbocycles. The SMILES string of the molecule is Cc1c(C(=O)N2C[C@@H](C)N[C@H](C)C2)c[nH]c1C=C1C(=O)Nc2cccc(-c3cccc(C(F)(F)F)c3)c21. The molecular formula is C28H27F3N4O2. The molecule has 5 rings (SSSR count). The van der Waals surface area contributed by atoms with Crippen molar-refractivity contribution in [2.45, 2.75) is 39.0 Å². The Hall–Kier alpha value is -3.85. The molecule has 192 valence electrons. The Kier molecular flexibility index (Phi) is 6.19. The van der Waals surface area contributed by atoms with E-state index < -0.39 is 11.7 Å². The van der Waals surface area contributed by atoms with Crippen LogP contribution in [0.3, 0.4) is 0 Å². The van der Waals surface area contributed by atoms with E-state index in [1.165, 1.54) is 6.07 Å². The van der Waals surface area contributed by atoms with Gasteiger partial charge < -0.3 is 20.5 Å². The topological polar surface area (TPSA) is 77.2 Å². The van der Waals surface area contributed by atoms with Crippen molar-refractivity contribution < 1.29 is 22.8 Å². The Morgan fingerprint density at radius 3 is 2.49 bits per heavy atom. The summed E-state index contributed by atoms with van der Waals surface area (Å²) in [6.07, 6.45) is -1.17. The van der Waals surface area contributed by atoms with Crippen molar-refractivity contribution in [1.82, 2.24) is 15.2 Å². The maximum atomic E-state index is 13.4. The molecule has 3 heterocycles. The van der Waals surface area contributed by atoms with Crippen molar-refractivity contribution >= 4 is 29.2 Å². The number of nitrogens with one attached hydrogen (secondary N) is 3. The third kappa shape index (κ3) is 4.67. The molecule has 0 saturated carbocycles. The summed E-state index contributed by atoms with van der Waals surface area (Å²) >= 11 is 0. The zero-order valence-corrected chi connectivity index (χ0v) is 20.7. The Bertz CT molecular complexity index is 1410. The number of aromatic amines is 1. The van der Waals surface area contributed by atoms with Crippen LogP contribution in [0.15, 0.2) is 48.7 Å². The van der Waals surface area contributed by atoms with Crippen LogP contribution < -0.4 is 10.6 Å². The predicted octanol–water partition coefficient (Wildman–Crippen LogP) is 5.32. The average molecular weight is 509 g/mol. The van der Waals surface area contributed by atoms with Gasteiger partial charge in [-0.3, -0.25) is 9.59 Å². The van der Waals surface area contributed by atoms with E-state index in [-0.39, 0.29) is 23.9 Å². The first-order valence-corrected chi connectivity index (χ1v) is 12.1. The fourth-order valence-electron chi connectivity index (χ4n) is 5.18. The molecule has 3 aromatic rings. The minimum Gasteiger partial charge on any atom is -0.361 e. The van der Waals surface area contributed by atoms with Crippen LogP contribution in [0.4, 0.5) is 18.9 Å². The molecule has 37 heavy (non-hydrogen) atoms. The number of carbonyl (C=O) groups excluding carboxylic acids is 2. The lowest BCUT2D eigenvalue weighted by molar-refractivity contribution is -0.137. The molecule has 1 aromatic heterocycles. The highest BCUT2D eigenvalue weighted by molar-refractivity contribution is 6.36. The zero-order chi connectivity index (χ0) is 26.5. The quantitative estimate of drug-likeness (QED) is 0.419. The number of amides is 2. The number of halogens is 3. The largest absolute Gasteiger partial charge is 0.416 e. The van der Waals surface area contributed by atoms with Crippen LogP contribution in [-0.2, 0) is 11.0 Å². The van der Waals surface area contributed by atoms with Gasteiger partial charge in [0.1, 0.15) is 0 Å². The van der Waals surface area contributed by atoms with Gasteiger partial charge in [-0.05, 0) is 61.7 Å². The van der Waals surface area contributed by atoms with Gasteiger partial charge in [-0.1, -0.05) is 24.3 Å². The second kappa shape index (κ2) is 9.23. The number of alkyl halides is 3. The van der Waals surface area contributed by atoms with E-state index >= 15 is 0 Å². The summed E-state index contributed by atoms with van der Waals surface area (Å²) in [6.45, 7) is 7.08. The Morgan fingerprint density at radius 2 is 1.78 bits per heavy atom. The maximum Gasteiger partial charge on any atom is 0.416 e.